The summed E-state index contributed by atoms with van der Waals surface area (Å²) in [6.45, 7) is 0. The normalized spacial score (nSPS) is 17.1. The van der Waals surface area contributed by atoms with Gasteiger partial charge in [-0.05, 0) is 87.1 Å². The van der Waals surface area contributed by atoms with E-state index in [2.05, 4.69) is 68.1 Å². The number of aryl methyl sites for hydroxylation is 1. The number of rotatable bonds is 2. The Bertz CT molecular complexity index is 686. The smallest absolute Gasteiger partial charge is 0.252 e. The summed E-state index contributed by atoms with van der Waals surface area (Å²) in [5.41, 5.74) is 3.48. The van der Waals surface area contributed by atoms with Crippen molar-refractivity contribution in [3.05, 3.63) is 67.2 Å². The molecule has 108 valence electrons. The molecule has 1 unspecified atom stereocenters. The van der Waals surface area contributed by atoms with Crippen molar-refractivity contribution in [2.24, 2.45) is 0 Å². The third-order valence-electron chi connectivity index (χ3n) is 3.86. The first-order valence-corrected chi connectivity index (χ1v) is 8.83. The first-order chi connectivity index (χ1) is 10.1. The molecule has 0 spiro atoms. The molecule has 0 heterocycles. The number of carbonyl (C=O) groups is 1. The van der Waals surface area contributed by atoms with Crippen LogP contribution in [0.15, 0.2) is 46.9 Å². The molecule has 0 saturated carbocycles. The fraction of sp³-hybridized carbons (Fsp3) is 0.235. The van der Waals surface area contributed by atoms with E-state index in [0.29, 0.717) is 5.56 Å². The maximum absolute atomic E-state index is 12.5. The molecule has 0 fully saturated rings. The van der Waals surface area contributed by atoms with E-state index in [1.54, 1.807) is 0 Å². The van der Waals surface area contributed by atoms with Crippen molar-refractivity contribution in [3.8, 4) is 0 Å². The second kappa shape index (κ2) is 6.48. The Kier molecular flexibility index (Phi) is 4.64. The molecule has 1 aliphatic rings. The van der Waals surface area contributed by atoms with E-state index < -0.39 is 0 Å². The van der Waals surface area contributed by atoms with Crippen LogP contribution in [0.2, 0.25) is 0 Å². The Morgan fingerprint density at radius 2 is 1.95 bits per heavy atom. The molecule has 0 aromatic heterocycles. The molecule has 0 bridgehead atoms. The van der Waals surface area contributed by atoms with Gasteiger partial charge >= 0.3 is 0 Å². The highest BCUT2D eigenvalue weighted by Gasteiger charge is 2.21. The summed E-state index contributed by atoms with van der Waals surface area (Å²) in [5.74, 6) is 0.00442. The number of hydrogen-bond acceptors (Lipinski definition) is 1. The van der Waals surface area contributed by atoms with Gasteiger partial charge in [-0.25, -0.2) is 0 Å². The second-order valence-corrected chi connectivity index (χ2v) is 7.41. The number of carbonyl (C=O) groups excluding carboxylic acids is 1. The molecule has 0 saturated heterocycles. The summed E-state index contributed by atoms with van der Waals surface area (Å²) in [6.07, 6.45) is 2.96. The van der Waals surface area contributed by atoms with E-state index in [1.165, 1.54) is 11.1 Å². The zero-order chi connectivity index (χ0) is 14.8. The molecule has 2 aromatic carbocycles. The Balaban J connectivity index is 1.73. The lowest BCUT2D eigenvalue weighted by atomic mass is 9.88. The van der Waals surface area contributed by atoms with Gasteiger partial charge in [-0.15, -0.1) is 0 Å². The van der Waals surface area contributed by atoms with Crippen LogP contribution in [0.5, 0.6) is 0 Å². The summed E-state index contributed by atoms with van der Waals surface area (Å²) in [7, 11) is 0. The van der Waals surface area contributed by atoms with Crippen molar-refractivity contribution < 1.29 is 4.79 Å². The minimum atomic E-state index is 0.00442. The van der Waals surface area contributed by atoms with Crippen molar-refractivity contribution in [1.29, 1.82) is 0 Å². The lowest BCUT2D eigenvalue weighted by Crippen LogP contribution is -2.39. The molecule has 2 aromatic rings. The number of amides is 1. The van der Waals surface area contributed by atoms with Crippen LogP contribution < -0.4 is 5.32 Å². The van der Waals surface area contributed by atoms with Gasteiger partial charge < -0.3 is 5.32 Å². The largest absolute Gasteiger partial charge is 0.349 e. The van der Waals surface area contributed by atoms with E-state index in [0.717, 1.165) is 27.3 Å². The van der Waals surface area contributed by atoms with Gasteiger partial charge in [-0.2, -0.15) is 0 Å². The summed E-state index contributed by atoms with van der Waals surface area (Å²) in [4.78, 5) is 12.5. The standard InChI is InChI=1S/C17H15BrINO/c18-16-8-6-13(19)10-15(16)17(21)20-14-7-5-11-3-1-2-4-12(11)9-14/h1-4,6,8,10,14H,5,7,9H2,(H,20,21). The quantitative estimate of drug-likeness (QED) is 0.670. The molecule has 3 rings (SSSR count). The topological polar surface area (TPSA) is 29.1 Å². The first kappa shape index (κ1) is 15.0. The highest BCUT2D eigenvalue weighted by atomic mass is 127. The molecular weight excluding hydrogens is 441 g/mol. The SMILES string of the molecule is O=C(NC1CCc2ccccc2C1)c1cc(I)ccc1Br. The fourth-order valence-corrected chi connectivity index (χ4v) is 3.67. The van der Waals surface area contributed by atoms with Gasteiger partial charge in [-0.1, -0.05) is 24.3 Å². The third kappa shape index (κ3) is 3.48. The van der Waals surface area contributed by atoms with Crippen LogP contribution in [0.4, 0.5) is 0 Å². The average molecular weight is 456 g/mol. The van der Waals surface area contributed by atoms with Crippen molar-refractivity contribution in [2.45, 2.75) is 25.3 Å². The Morgan fingerprint density at radius 3 is 2.76 bits per heavy atom. The third-order valence-corrected chi connectivity index (χ3v) is 5.22. The molecule has 1 amide bonds. The second-order valence-electron chi connectivity index (χ2n) is 5.31. The van der Waals surface area contributed by atoms with E-state index in [9.17, 15) is 4.79 Å². The minimum Gasteiger partial charge on any atom is -0.349 e. The zero-order valence-electron chi connectivity index (χ0n) is 11.4. The number of hydrogen-bond donors (Lipinski definition) is 1. The maximum atomic E-state index is 12.5. The summed E-state index contributed by atoms with van der Waals surface area (Å²) in [6, 6.07) is 14.5. The Morgan fingerprint density at radius 1 is 1.19 bits per heavy atom. The molecular formula is C17H15BrINO. The predicted molar refractivity (Wildman–Crippen MR) is 96.6 cm³/mol. The van der Waals surface area contributed by atoms with Gasteiger partial charge in [0.05, 0.1) is 5.56 Å². The van der Waals surface area contributed by atoms with Crippen LogP contribution in [0, 0.1) is 3.57 Å². The van der Waals surface area contributed by atoms with Crippen LogP contribution in [0.3, 0.4) is 0 Å². The number of nitrogens with one attached hydrogen (secondary N) is 1. The van der Waals surface area contributed by atoms with Gasteiger partial charge in [0.2, 0.25) is 0 Å². The lowest BCUT2D eigenvalue weighted by molar-refractivity contribution is 0.0933. The van der Waals surface area contributed by atoms with Crippen LogP contribution in [0.25, 0.3) is 0 Å². The average Bonchev–Trinajstić information content (AvgIpc) is 2.49. The van der Waals surface area contributed by atoms with Crippen molar-refractivity contribution in [2.75, 3.05) is 0 Å². The molecule has 1 N–H and O–H groups in total. The molecule has 21 heavy (non-hydrogen) atoms. The van der Waals surface area contributed by atoms with Crippen LogP contribution in [0.1, 0.15) is 27.9 Å². The van der Waals surface area contributed by atoms with Crippen molar-refractivity contribution in [1.82, 2.24) is 5.32 Å². The zero-order valence-corrected chi connectivity index (χ0v) is 15.1. The summed E-state index contributed by atoms with van der Waals surface area (Å²) < 4.78 is 1.91. The first-order valence-electron chi connectivity index (χ1n) is 6.96. The van der Waals surface area contributed by atoms with E-state index >= 15 is 0 Å². The Hall–Kier alpha value is -0.880. The van der Waals surface area contributed by atoms with Gasteiger partial charge in [0.1, 0.15) is 0 Å². The van der Waals surface area contributed by atoms with Gasteiger partial charge in [0.25, 0.3) is 5.91 Å². The van der Waals surface area contributed by atoms with Crippen LogP contribution in [-0.2, 0) is 12.8 Å². The molecule has 1 aliphatic carbocycles. The van der Waals surface area contributed by atoms with E-state index in [1.807, 2.05) is 18.2 Å². The molecule has 4 heteroatoms. The van der Waals surface area contributed by atoms with Crippen LogP contribution in [-0.4, -0.2) is 11.9 Å². The van der Waals surface area contributed by atoms with E-state index in [4.69, 9.17) is 0 Å². The summed E-state index contributed by atoms with van der Waals surface area (Å²) >= 11 is 5.68. The minimum absolute atomic E-state index is 0.00442. The van der Waals surface area contributed by atoms with Crippen molar-refractivity contribution >= 4 is 44.4 Å². The highest BCUT2D eigenvalue weighted by Crippen LogP contribution is 2.23. The predicted octanol–water partition coefficient (Wildman–Crippen LogP) is 4.34. The van der Waals surface area contributed by atoms with Crippen molar-refractivity contribution in [3.63, 3.8) is 0 Å². The number of benzene rings is 2. The van der Waals surface area contributed by atoms with E-state index in [-0.39, 0.29) is 11.9 Å². The monoisotopic (exact) mass is 455 g/mol. The Labute approximate surface area is 146 Å². The molecule has 2 nitrogen and oxygen atoms in total. The van der Waals surface area contributed by atoms with Crippen LogP contribution >= 0.6 is 38.5 Å². The maximum Gasteiger partial charge on any atom is 0.252 e. The lowest BCUT2D eigenvalue weighted by Gasteiger charge is -2.25. The number of halogens is 2. The highest BCUT2D eigenvalue weighted by molar-refractivity contribution is 14.1. The fourth-order valence-electron chi connectivity index (χ4n) is 2.76. The van der Waals surface area contributed by atoms with Gasteiger partial charge in [-0.3, -0.25) is 4.79 Å². The van der Waals surface area contributed by atoms with Gasteiger partial charge in [0.15, 0.2) is 0 Å². The molecule has 0 aliphatic heterocycles. The van der Waals surface area contributed by atoms with Gasteiger partial charge in [0, 0.05) is 14.1 Å². The molecule has 0 radical (unpaired) electrons. The number of fused-ring (bicyclic) bond motifs is 1. The molecule has 1 atom stereocenters. The summed E-state index contributed by atoms with van der Waals surface area (Å²) in [5, 5.41) is 3.17.